The fourth-order valence-electron chi connectivity index (χ4n) is 1.69. The van der Waals surface area contributed by atoms with Gasteiger partial charge in [0.2, 0.25) is 0 Å². The zero-order valence-corrected chi connectivity index (χ0v) is 10.7. The van der Waals surface area contributed by atoms with Crippen LogP contribution in [0, 0.1) is 0 Å². The smallest absolute Gasteiger partial charge is 0.265 e. The molecule has 0 bridgehead atoms. The Hall–Kier alpha value is -1.27. The Labute approximate surface area is 100.0 Å². The minimum atomic E-state index is -4.13. The van der Waals surface area contributed by atoms with Crippen LogP contribution >= 0.6 is 0 Å². The fourth-order valence-corrected chi connectivity index (χ4v) is 2.15. The van der Waals surface area contributed by atoms with Gasteiger partial charge >= 0.3 is 0 Å². The highest BCUT2D eigenvalue weighted by atomic mass is 32.2. The van der Waals surface area contributed by atoms with E-state index in [2.05, 4.69) is 0 Å². The largest absolute Gasteiger partial charge is 0.289 e. The van der Waals surface area contributed by atoms with Crippen molar-refractivity contribution in [2.45, 2.75) is 27.2 Å². The first-order chi connectivity index (χ1) is 7.65. The van der Waals surface area contributed by atoms with Gasteiger partial charge in [-0.25, -0.2) is 0 Å². The van der Waals surface area contributed by atoms with Crippen LogP contribution in [0.3, 0.4) is 0 Å². The standard InChI is InChI=1S/C11H14O5S/c1-6-7(2)11(13)9(8(3)10(6)12)4-5-17(14,15)16/h4-5H2,1-3H3,(H,14,15,16). The molecule has 0 fully saturated rings. The lowest BCUT2D eigenvalue weighted by Gasteiger charge is -2.17. The molecule has 17 heavy (non-hydrogen) atoms. The van der Waals surface area contributed by atoms with E-state index in [-0.39, 0.29) is 29.1 Å². The number of rotatable bonds is 3. The highest BCUT2D eigenvalue weighted by Gasteiger charge is 2.28. The number of carbonyl (C=O) groups excluding carboxylic acids is 2. The van der Waals surface area contributed by atoms with Gasteiger partial charge in [0.25, 0.3) is 10.1 Å². The predicted octanol–water partition coefficient (Wildman–Crippen LogP) is 1.07. The molecule has 0 heterocycles. The minimum absolute atomic E-state index is 0.139. The molecule has 0 atom stereocenters. The number of ketones is 2. The summed E-state index contributed by atoms with van der Waals surface area (Å²) in [5.41, 5.74) is 1.17. The van der Waals surface area contributed by atoms with Gasteiger partial charge < -0.3 is 0 Å². The molecule has 0 saturated carbocycles. The third-order valence-corrected chi connectivity index (χ3v) is 3.64. The Kier molecular flexibility index (Phi) is 3.68. The zero-order chi connectivity index (χ0) is 13.4. The van der Waals surface area contributed by atoms with E-state index in [1.165, 1.54) is 13.8 Å². The molecule has 0 aromatic rings. The summed E-state index contributed by atoms with van der Waals surface area (Å²) in [6.07, 6.45) is -0.139. The maximum Gasteiger partial charge on any atom is 0.265 e. The van der Waals surface area contributed by atoms with Crippen LogP contribution in [0.25, 0.3) is 0 Å². The summed E-state index contributed by atoms with van der Waals surface area (Å²) < 4.78 is 29.9. The summed E-state index contributed by atoms with van der Waals surface area (Å²) in [6.45, 7) is 4.60. The predicted molar refractivity (Wildman–Crippen MR) is 62.1 cm³/mol. The topological polar surface area (TPSA) is 88.5 Å². The molecule has 0 spiro atoms. The molecule has 0 saturated heterocycles. The summed E-state index contributed by atoms with van der Waals surface area (Å²) in [7, 11) is -4.13. The van der Waals surface area contributed by atoms with Crippen LogP contribution in [0.1, 0.15) is 27.2 Å². The Morgan fingerprint density at radius 1 is 0.941 bits per heavy atom. The lowest BCUT2D eigenvalue weighted by atomic mass is 9.85. The molecule has 0 radical (unpaired) electrons. The molecule has 1 rings (SSSR count). The number of carbonyl (C=O) groups is 2. The van der Waals surface area contributed by atoms with Gasteiger partial charge in [0, 0.05) is 22.3 Å². The number of hydrogen-bond donors (Lipinski definition) is 1. The third kappa shape index (κ3) is 2.89. The van der Waals surface area contributed by atoms with Crippen LogP contribution < -0.4 is 0 Å². The van der Waals surface area contributed by atoms with Gasteiger partial charge in [0.15, 0.2) is 11.6 Å². The van der Waals surface area contributed by atoms with Crippen molar-refractivity contribution in [3.63, 3.8) is 0 Å². The van der Waals surface area contributed by atoms with E-state index in [0.29, 0.717) is 11.1 Å². The molecule has 6 heteroatoms. The van der Waals surface area contributed by atoms with Gasteiger partial charge in [0.1, 0.15) is 0 Å². The first kappa shape index (κ1) is 13.8. The van der Waals surface area contributed by atoms with Gasteiger partial charge in [-0.05, 0) is 27.2 Å². The summed E-state index contributed by atoms with van der Waals surface area (Å²) >= 11 is 0. The van der Waals surface area contributed by atoms with Crippen molar-refractivity contribution in [1.29, 1.82) is 0 Å². The molecular formula is C11H14O5S. The number of hydrogen-bond acceptors (Lipinski definition) is 4. The lowest BCUT2D eigenvalue weighted by molar-refractivity contribution is -0.116. The molecule has 0 aliphatic heterocycles. The van der Waals surface area contributed by atoms with Crippen molar-refractivity contribution in [1.82, 2.24) is 0 Å². The summed E-state index contributed by atoms with van der Waals surface area (Å²) in [5.74, 6) is -1.11. The van der Waals surface area contributed by atoms with Crippen LogP contribution in [-0.2, 0) is 19.7 Å². The highest BCUT2D eigenvalue weighted by molar-refractivity contribution is 7.85. The zero-order valence-electron chi connectivity index (χ0n) is 9.90. The molecule has 0 aromatic carbocycles. The second-order valence-electron chi connectivity index (χ2n) is 4.05. The van der Waals surface area contributed by atoms with E-state index in [4.69, 9.17) is 4.55 Å². The van der Waals surface area contributed by atoms with Crippen LogP contribution in [0.4, 0.5) is 0 Å². The van der Waals surface area contributed by atoms with E-state index in [0.717, 1.165) is 0 Å². The van der Waals surface area contributed by atoms with Gasteiger partial charge in [-0.3, -0.25) is 14.1 Å². The van der Waals surface area contributed by atoms with Gasteiger partial charge in [0.05, 0.1) is 5.75 Å². The quantitative estimate of drug-likeness (QED) is 0.604. The van der Waals surface area contributed by atoms with Gasteiger partial charge in [-0.2, -0.15) is 8.42 Å². The maximum atomic E-state index is 11.9. The minimum Gasteiger partial charge on any atom is -0.289 e. The highest BCUT2D eigenvalue weighted by Crippen LogP contribution is 2.26. The van der Waals surface area contributed by atoms with Crippen molar-refractivity contribution in [2.75, 3.05) is 5.75 Å². The Morgan fingerprint density at radius 3 is 1.88 bits per heavy atom. The van der Waals surface area contributed by atoms with E-state index in [1.807, 2.05) is 0 Å². The molecule has 94 valence electrons. The fraction of sp³-hybridized carbons (Fsp3) is 0.455. The van der Waals surface area contributed by atoms with E-state index < -0.39 is 15.9 Å². The Morgan fingerprint density at radius 2 is 1.41 bits per heavy atom. The second-order valence-corrected chi connectivity index (χ2v) is 5.62. The van der Waals surface area contributed by atoms with Gasteiger partial charge in [-0.15, -0.1) is 0 Å². The number of Topliss-reactive ketones (excluding diaryl/α,β-unsaturated/α-hetero) is 2. The van der Waals surface area contributed by atoms with Crippen LogP contribution in [-0.4, -0.2) is 30.3 Å². The molecule has 1 N–H and O–H groups in total. The summed E-state index contributed by atoms with van der Waals surface area (Å²) in [4.78, 5) is 23.6. The molecule has 0 amide bonds. The lowest BCUT2D eigenvalue weighted by Crippen LogP contribution is -2.22. The molecule has 5 nitrogen and oxygen atoms in total. The Bertz CT molecular complexity index is 548. The normalized spacial score (nSPS) is 18.1. The monoisotopic (exact) mass is 258 g/mol. The van der Waals surface area contributed by atoms with E-state index >= 15 is 0 Å². The van der Waals surface area contributed by atoms with Crippen LogP contribution in [0.15, 0.2) is 22.3 Å². The molecule has 0 unspecified atom stereocenters. The molecule has 1 aliphatic rings. The van der Waals surface area contributed by atoms with Gasteiger partial charge in [-0.1, -0.05) is 0 Å². The summed E-state index contributed by atoms with van der Waals surface area (Å²) in [6, 6.07) is 0. The molecule has 1 aliphatic carbocycles. The van der Waals surface area contributed by atoms with E-state index in [9.17, 15) is 18.0 Å². The molecular weight excluding hydrogens is 244 g/mol. The van der Waals surface area contributed by atoms with Crippen molar-refractivity contribution in [3.05, 3.63) is 22.3 Å². The van der Waals surface area contributed by atoms with Crippen molar-refractivity contribution in [2.24, 2.45) is 0 Å². The van der Waals surface area contributed by atoms with Crippen molar-refractivity contribution < 1.29 is 22.6 Å². The van der Waals surface area contributed by atoms with Crippen LogP contribution in [0.5, 0.6) is 0 Å². The van der Waals surface area contributed by atoms with Crippen molar-refractivity contribution >= 4 is 21.7 Å². The third-order valence-electron chi connectivity index (χ3n) is 2.92. The first-order valence-corrected chi connectivity index (χ1v) is 6.68. The average molecular weight is 258 g/mol. The SMILES string of the molecule is CC1=C(C)C(=O)C(CCS(=O)(=O)O)=C(C)C1=O. The van der Waals surface area contributed by atoms with Crippen molar-refractivity contribution in [3.8, 4) is 0 Å². The average Bonchev–Trinajstić information content (AvgIpc) is 2.22. The molecule has 0 aromatic heterocycles. The van der Waals surface area contributed by atoms with E-state index in [1.54, 1.807) is 6.92 Å². The second kappa shape index (κ2) is 4.54. The number of allylic oxidation sites excluding steroid dienone is 4. The first-order valence-electron chi connectivity index (χ1n) is 5.07. The maximum absolute atomic E-state index is 11.9. The Balaban J connectivity index is 3.08. The van der Waals surface area contributed by atoms with Crippen LogP contribution in [0.2, 0.25) is 0 Å². The summed E-state index contributed by atoms with van der Waals surface area (Å²) in [5, 5.41) is 0.